The Kier molecular flexibility index (Phi) is 10.8. The van der Waals surface area contributed by atoms with E-state index in [1.165, 1.54) is 6.92 Å². The molecule has 26 heavy (non-hydrogen) atoms. The standard InChI is InChI=1S/C16H24O10/c1-9(18)23-7-5-6-13(22)15(25-11(3)20)16(26-12(4)21)14(8-17)24-10(2)19/h8,13-16,22H,5-7H2,1-4H3. The van der Waals surface area contributed by atoms with Crippen LogP contribution in [0, 0.1) is 0 Å². The van der Waals surface area contributed by atoms with Gasteiger partial charge in [0, 0.05) is 27.7 Å². The summed E-state index contributed by atoms with van der Waals surface area (Å²) in [5, 5.41) is 10.3. The van der Waals surface area contributed by atoms with Gasteiger partial charge in [0.2, 0.25) is 0 Å². The first-order valence-corrected chi connectivity index (χ1v) is 7.86. The lowest BCUT2D eigenvalue weighted by atomic mass is 9.99. The summed E-state index contributed by atoms with van der Waals surface area (Å²) in [5.41, 5.74) is 0. The zero-order valence-corrected chi connectivity index (χ0v) is 15.1. The molecule has 1 N–H and O–H groups in total. The lowest BCUT2D eigenvalue weighted by Gasteiger charge is -2.32. The number of carbonyl (C=O) groups is 5. The van der Waals surface area contributed by atoms with Crippen LogP contribution >= 0.6 is 0 Å². The maximum absolute atomic E-state index is 11.4. The van der Waals surface area contributed by atoms with E-state index in [1.54, 1.807) is 0 Å². The molecule has 0 spiro atoms. The van der Waals surface area contributed by atoms with E-state index in [-0.39, 0.29) is 25.7 Å². The number of hydrogen-bond acceptors (Lipinski definition) is 10. The van der Waals surface area contributed by atoms with E-state index >= 15 is 0 Å². The van der Waals surface area contributed by atoms with Gasteiger partial charge in [-0.3, -0.25) is 24.0 Å². The van der Waals surface area contributed by atoms with Crippen molar-refractivity contribution in [3.05, 3.63) is 0 Å². The van der Waals surface area contributed by atoms with Gasteiger partial charge in [-0.05, 0) is 12.8 Å². The van der Waals surface area contributed by atoms with Crippen LogP contribution in [0.4, 0.5) is 0 Å². The number of aliphatic hydroxyl groups is 1. The number of carbonyl (C=O) groups excluding carboxylic acids is 5. The van der Waals surface area contributed by atoms with Crippen molar-refractivity contribution in [3.63, 3.8) is 0 Å². The molecule has 0 aliphatic heterocycles. The molecule has 148 valence electrons. The minimum atomic E-state index is -1.58. The first-order chi connectivity index (χ1) is 12.1. The summed E-state index contributed by atoms with van der Waals surface area (Å²) in [6.45, 7) is 4.38. The van der Waals surface area contributed by atoms with E-state index in [4.69, 9.17) is 18.9 Å². The molecular weight excluding hydrogens is 352 g/mol. The Balaban J connectivity index is 5.35. The van der Waals surface area contributed by atoms with Crippen LogP contribution in [0.15, 0.2) is 0 Å². The van der Waals surface area contributed by atoms with Gasteiger partial charge >= 0.3 is 23.9 Å². The molecule has 0 aromatic carbocycles. The number of rotatable bonds is 11. The Morgan fingerprint density at radius 2 is 1.35 bits per heavy atom. The summed E-state index contributed by atoms with van der Waals surface area (Å²) >= 11 is 0. The van der Waals surface area contributed by atoms with Crippen LogP contribution in [-0.4, -0.2) is 66.3 Å². The molecule has 4 unspecified atom stereocenters. The molecule has 0 saturated heterocycles. The highest BCUT2D eigenvalue weighted by atomic mass is 16.6. The lowest BCUT2D eigenvalue weighted by molar-refractivity contribution is -0.192. The van der Waals surface area contributed by atoms with Crippen molar-refractivity contribution in [3.8, 4) is 0 Å². The highest BCUT2D eigenvalue weighted by molar-refractivity contribution is 5.72. The van der Waals surface area contributed by atoms with Gasteiger partial charge in [0.25, 0.3) is 0 Å². The molecule has 0 aliphatic carbocycles. The second kappa shape index (κ2) is 12.0. The van der Waals surface area contributed by atoms with E-state index in [2.05, 4.69) is 0 Å². The van der Waals surface area contributed by atoms with Gasteiger partial charge in [0.1, 0.15) is 0 Å². The zero-order chi connectivity index (χ0) is 20.3. The third-order valence-corrected chi connectivity index (χ3v) is 3.02. The molecule has 0 amide bonds. The highest BCUT2D eigenvalue weighted by Crippen LogP contribution is 2.19. The maximum Gasteiger partial charge on any atom is 0.303 e. The SMILES string of the molecule is CC(=O)OCCCC(O)C(OC(C)=O)C(OC(C)=O)C(C=O)OC(C)=O. The van der Waals surface area contributed by atoms with Crippen molar-refractivity contribution in [2.75, 3.05) is 6.61 Å². The van der Waals surface area contributed by atoms with Crippen molar-refractivity contribution in [1.29, 1.82) is 0 Å². The van der Waals surface area contributed by atoms with Crippen LogP contribution in [0.1, 0.15) is 40.5 Å². The summed E-state index contributed by atoms with van der Waals surface area (Å²) in [4.78, 5) is 55.9. The largest absolute Gasteiger partial charge is 0.466 e. The molecule has 4 atom stereocenters. The fourth-order valence-electron chi connectivity index (χ4n) is 2.11. The predicted molar refractivity (Wildman–Crippen MR) is 84.6 cm³/mol. The molecule has 0 heterocycles. The molecule has 0 aromatic rings. The van der Waals surface area contributed by atoms with Crippen LogP contribution in [0.5, 0.6) is 0 Å². The van der Waals surface area contributed by atoms with Crippen LogP contribution in [0.25, 0.3) is 0 Å². The minimum absolute atomic E-state index is 0.00532. The van der Waals surface area contributed by atoms with Gasteiger partial charge in [0.05, 0.1) is 12.7 Å². The molecule has 0 fully saturated rings. The topological polar surface area (TPSA) is 143 Å². The van der Waals surface area contributed by atoms with Crippen LogP contribution in [-0.2, 0) is 42.9 Å². The zero-order valence-electron chi connectivity index (χ0n) is 15.1. The average Bonchev–Trinajstić information content (AvgIpc) is 2.51. The number of aliphatic hydroxyl groups excluding tert-OH is 1. The monoisotopic (exact) mass is 376 g/mol. The summed E-state index contributed by atoms with van der Waals surface area (Å²) < 4.78 is 19.5. The smallest absolute Gasteiger partial charge is 0.303 e. The summed E-state index contributed by atoms with van der Waals surface area (Å²) in [6.07, 6.45) is -5.55. The Labute approximate surface area is 150 Å². The molecule has 0 aromatic heterocycles. The average molecular weight is 376 g/mol. The van der Waals surface area contributed by atoms with Crippen molar-refractivity contribution in [2.24, 2.45) is 0 Å². The van der Waals surface area contributed by atoms with Crippen molar-refractivity contribution < 1.29 is 48.0 Å². The quantitative estimate of drug-likeness (QED) is 0.221. The van der Waals surface area contributed by atoms with E-state index in [0.717, 1.165) is 20.8 Å². The highest BCUT2D eigenvalue weighted by Gasteiger charge is 2.40. The third-order valence-electron chi connectivity index (χ3n) is 3.02. The summed E-state index contributed by atoms with van der Waals surface area (Å²) in [7, 11) is 0. The number of esters is 4. The van der Waals surface area contributed by atoms with Crippen molar-refractivity contribution >= 4 is 30.2 Å². The Hall–Kier alpha value is -2.49. The molecule has 10 heteroatoms. The molecule has 0 radical (unpaired) electrons. The van der Waals surface area contributed by atoms with Crippen LogP contribution < -0.4 is 0 Å². The van der Waals surface area contributed by atoms with Gasteiger partial charge in [-0.25, -0.2) is 0 Å². The minimum Gasteiger partial charge on any atom is -0.466 e. The fourth-order valence-corrected chi connectivity index (χ4v) is 2.11. The molecule has 0 bridgehead atoms. The van der Waals surface area contributed by atoms with E-state index in [0.29, 0.717) is 0 Å². The molecule has 0 saturated carbocycles. The lowest BCUT2D eigenvalue weighted by Crippen LogP contribution is -2.51. The van der Waals surface area contributed by atoms with Gasteiger partial charge in [-0.1, -0.05) is 0 Å². The predicted octanol–water partition coefficient (Wildman–Crippen LogP) is -0.315. The Morgan fingerprint density at radius 1 is 0.846 bits per heavy atom. The normalized spacial score (nSPS) is 15.0. The van der Waals surface area contributed by atoms with Crippen LogP contribution in [0.3, 0.4) is 0 Å². The Bertz CT molecular complexity index is 515. The second-order valence-electron chi connectivity index (χ2n) is 5.41. The number of aldehydes is 1. The number of hydrogen-bond donors (Lipinski definition) is 1. The van der Waals surface area contributed by atoms with Crippen molar-refractivity contribution in [1.82, 2.24) is 0 Å². The molecule has 10 nitrogen and oxygen atoms in total. The van der Waals surface area contributed by atoms with Gasteiger partial charge in [-0.15, -0.1) is 0 Å². The second-order valence-corrected chi connectivity index (χ2v) is 5.41. The third kappa shape index (κ3) is 9.72. The van der Waals surface area contributed by atoms with Crippen molar-refractivity contribution in [2.45, 2.75) is 65.0 Å². The van der Waals surface area contributed by atoms with Crippen LogP contribution in [0.2, 0.25) is 0 Å². The van der Waals surface area contributed by atoms with E-state index < -0.39 is 48.3 Å². The van der Waals surface area contributed by atoms with Gasteiger partial charge < -0.3 is 24.1 Å². The Morgan fingerprint density at radius 3 is 1.77 bits per heavy atom. The first kappa shape index (κ1) is 23.5. The summed E-state index contributed by atoms with van der Waals surface area (Å²) in [5.74, 6) is -2.97. The number of ether oxygens (including phenoxy) is 4. The molecule has 0 aliphatic rings. The fraction of sp³-hybridized carbons (Fsp3) is 0.688. The van der Waals surface area contributed by atoms with Gasteiger partial charge in [0.15, 0.2) is 24.6 Å². The van der Waals surface area contributed by atoms with E-state index in [9.17, 15) is 29.1 Å². The maximum atomic E-state index is 11.4. The first-order valence-electron chi connectivity index (χ1n) is 7.86. The van der Waals surface area contributed by atoms with E-state index in [1.807, 2.05) is 0 Å². The van der Waals surface area contributed by atoms with Gasteiger partial charge in [-0.2, -0.15) is 0 Å². The molecular formula is C16H24O10. The molecule has 0 rings (SSSR count). The summed E-state index contributed by atoms with van der Waals surface area (Å²) in [6, 6.07) is 0.